The van der Waals surface area contributed by atoms with Gasteiger partial charge in [-0.2, -0.15) is 0 Å². The first kappa shape index (κ1) is 15.6. The Morgan fingerprint density at radius 2 is 2.08 bits per heavy atom. The van der Waals surface area contributed by atoms with Gasteiger partial charge >= 0.3 is 0 Å². The quantitative estimate of drug-likeness (QED) is 0.760. The second-order valence-electron chi connectivity index (χ2n) is 5.46. The number of hydrogen-bond donors (Lipinski definition) is 1. The van der Waals surface area contributed by atoms with E-state index in [-0.39, 0.29) is 12.7 Å². The Kier molecular flexibility index (Phi) is 4.30. The van der Waals surface area contributed by atoms with Crippen LogP contribution in [0.4, 0.5) is 5.69 Å². The summed E-state index contributed by atoms with van der Waals surface area (Å²) in [5, 5.41) is 5.75. The molecule has 0 radical (unpaired) electrons. The van der Waals surface area contributed by atoms with Crippen LogP contribution in [0.1, 0.15) is 11.4 Å². The SMILES string of the molecule is O=C(CCc1nc(-c2ccccn2)cs1)Nc1ccc2c(c1)OCO2. The van der Waals surface area contributed by atoms with Crippen LogP contribution in [0, 0.1) is 0 Å². The summed E-state index contributed by atoms with van der Waals surface area (Å²) in [6, 6.07) is 11.1. The van der Waals surface area contributed by atoms with Crippen LogP contribution in [0.3, 0.4) is 0 Å². The highest BCUT2D eigenvalue weighted by molar-refractivity contribution is 7.09. The number of ether oxygens (including phenoxy) is 2. The molecule has 1 aromatic carbocycles. The minimum Gasteiger partial charge on any atom is -0.454 e. The van der Waals surface area contributed by atoms with E-state index in [0.29, 0.717) is 30.0 Å². The molecule has 1 aliphatic heterocycles. The van der Waals surface area contributed by atoms with Crippen molar-refractivity contribution in [3.63, 3.8) is 0 Å². The number of nitrogens with zero attached hydrogens (tertiary/aromatic N) is 2. The molecule has 7 heteroatoms. The van der Waals surface area contributed by atoms with Gasteiger partial charge in [-0.05, 0) is 24.3 Å². The predicted molar refractivity (Wildman–Crippen MR) is 94.9 cm³/mol. The largest absolute Gasteiger partial charge is 0.454 e. The summed E-state index contributed by atoms with van der Waals surface area (Å²) >= 11 is 1.54. The molecule has 0 saturated heterocycles. The molecule has 1 amide bonds. The normalized spacial score (nSPS) is 12.2. The molecule has 0 unspecified atom stereocenters. The van der Waals surface area contributed by atoms with Crippen molar-refractivity contribution in [1.82, 2.24) is 9.97 Å². The Balaban J connectivity index is 1.34. The molecule has 2 aromatic heterocycles. The summed E-state index contributed by atoms with van der Waals surface area (Å²) in [5.74, 6) is 1.29. The summed E-state index contributed by atoms with van der Waals surface area (Å²) in [4.78, 5) is 21.0. The number of thiazole rings is 1. The zero-order valence-electron chi connectivity index (χ0n) is 13.3. The maximum atomic E-state index is 12.1. The number of rotatable bonds is 5. The highest BCUT2D eigenvalue weighted by Crippen LogP contribution is 2.34. The van der Waals surface area contributed by atoms with Crippen LogP contribution in [-0.4, -0.2) is 22.7 Å². The summed E-state index contributed by atoms with van der Waals surface area (Å²) in [7, 11) is 0. The highest BCUT2D eigenvalue weighted by Gasteiger charge is 2.14. The zero-order valence-corrected chi connectivity index (χ0v) is 14.1. The van der Waals surface area contributed by atoms with E-state index >= 15 is 0 Å². The Labute approximate surface area is 148 Å². The molecule has 0 atom stereocenters. The maximum Gasteiger partial charge on any atom is 0.231 e. The number of carbonyl (C=O) groups is 1. The van der Waals surface area contributed by atoms with Gasteiger partial charge in [0.05, 0.1) is 16.4 Å². The summed E-state index contributed by atoms with van der Waals surface area (Å²) in [5.41, 5.74) is 2.38. The first-order chi connectivity index (χ1) is 12.3. The molecule has 0 fully saturated rings. The average Bonchev–Trinajstić information content (AvgIpc) is 3.30. The predicted octanol–water partition coefficient (Wildman–Crippen LogP) is 3.51. The van der Waals surface area contributed by atoms with Crippen molar-refractivity contribution in [2.24, 2.45) is 0 Å². The minimum atomic E-state index is -0.0616. The van der Waals surface area contributed by atoms with Gasteiger partial charge < -0.3 is 14.8 Å². The van der Waals surface area contributed by atoms with Crippen molar-refractivity contribution in [2.45, 2.75) is 12.8 Å². The molecule has 0 spiro atoms. The Morgan fingerprint density at radius 1 is 1.16 bits per heavy atom. The molecule has 4 rings (SSSR count). The molecule has 1 N–H and O–H groups in total. The standard InChI is InChI=1S/C18H15N3O3S/c22-17(20-12-4-5-15-16(9-12)24-11-23-15)6-7-18-21-14(10-25-18)13-3-1-2-8-19-13/h1-5,8-10H,6-7,11H2,(H,20,22). The number of amides is 1. The lowest BCUT2D eigenvalue weighted by atomic mass is 10.2. The second kappa shape index (κ2) is 6.90. The Bertz CT molecular complexity index is 896. The average molecular weight is 353 g/mol. The van der Waals surface area contributed by atoms with Gasteiger partial charge in [0.25, 0.3) is 0 Å². The number of nitrogens with one attached hydrogen (secondary N) is 1. The lowest BCUT2D eigenvalue weighted by Crippen LogP contribution is -2.12. The third-order valence-electron chi connectivity index (χ3n) is 3.70. The van der Waals surface area contributed by atoms with Crippen molar-refractivity contribution in [1.29, 1.82) is 0 Å². The van der Waals surface area contributed by atoms with Gasteiger partial charge in [-0.3, -0.25) is 9.78 Å². The fourth-order valence-electron chi connectivity index (χ4n) is 2.48. The van der Waals surface area contributed by atoms with Gasteiger partial charge in [-0.15, -0.1) is 11.3 Å². The first-order valence-electron chi connectivity index (χ1n) is 7.83. The number of carbonyl (C=O) groups excluding carboxylic acids is 1. The van der Waals surface area contributed by atoms with Gasteiger partial charge in [-0.1, -0.05) is 6.07 Å². The van der Waals surface area contributed by atoms with Crippen LogP contribution in [0.2, 0.25) is 0 Å². The van der Waals surface area contributed by atoms with Crippen LogP contribution in [-0.2, 0) is 11.2 Å². The first-order valence-corrected chi connectivity index (χ1v) is 8.71. The minimum absolute atomic E-state index is 0.0616. The van der Waals surface area contributed by atoms with E-state index in [0.717, 1.165) is 16.4 Å². The van der Waals surface area contributed by atoms with Crippen LogP contribution in [0.15, 0.2) is 48.0 Å². The van der Waals surface area contributed by atoms with E-state index in [1.54, 1.807) is 35.7 Å². The smallest absolute Gasteiger partial charge is 0.231 e. The fraction of sp³-hybridized carbons (Fsp3) is 0.167. The number of aryl methyl sites for hydroxylation is 1. The van der Waals surface area contributed by atoms with Crippen LogP contribution < -0.4 is 14.8 Å². The topological polar surface area (TPSA) is 73.3 Å². The number of hydrogen-bond acceptors (Lipinski definition) is 6. The van der Waals surface area contributed by atoms with Crippen LogP contribution >= 0.6 is 11.3 Å². The van der Waals surface area contributed by atoms with Crippen molar-refractivity contribution in [3.8, 4) is 22.9 Å². The van der Waals surface area contributed by atoms with Crippen molar-refractivity contribution in [2.75, 3.05) is 12.1 Å². The summed E-state index contributed by atoms with van der Waals surface area (Å²) < 4.78 is 10.6. The van der Waals surface area contributed by atoms with E-state index < -0.39 is 0 Å². The Morgan fingerprint density at radius 3 is 2.96 bits per heavy atom. The number of benzene rings is 1. The lowest BCUT2D eigenvalue weighted by Gasteiger charge is -2.05. The number of aromatic nitrogens is 2. The third kappa shape index (κ3) is 3.61. The van der Waals surface area contributed by atoms with Crippen LogP contribution in [0.5, 0.6) is 11.5 Å². The van der Waals surface area contributed by atoms with E-state index in [9.17, 15) is 4.79 Å². The molecule has 6 nitrogen and oxygen atoms in total. The van der Waals surface area contributed by atoms with Gasteiger partial charge in [-0.25, -0.2) is 4.98 Å². The van der Waals surface area contributed by atoms with E-state index in [1.165, 1.54) is 0 Å². The molecule has 3 aromatic rings. The summed E-state index contributed by atoms with van der Waals surface area (Å²) in [6.07, 6.45) is 2.70. The lowest BCUT2D eigenvalue weighted by molar-refractivity contribution is -0.116. The number of fused-ring (bicyclic) bond motifs is 1. The van der Waals surface area contributed by atoms with Gasteiger partial charge in [0.2, 0.25) is 12.7 Å². The van der Waals surface area contributed by atoms with Gasteiger partial charge in [0, 0.05) is 36.2 Å². The highest BCUT2D eigenvalue weighted by atomic mass is 32.1. The molecule has 0 saturated carbocycles. The molecule has 0 aliphatic carbocycles. The molecule has 25 heavy (non-hydrogen) atoms. The Hall–Kier alpha value is -2.93. The van der Waals surface area contributed by atoms with Crippen molar-refractivity contribution in [3.05, 3.63) is 53.0 Å². The number of pyridine rings is 1. The maximum absolute atomic E-state index is 12.1. The molecular formula is C18H15N3O3S. The van der Waals surface area contributed by atoms with E-state index in [2.05, 4.69) is 15.3 Å². The van der Waals surface area contributed by atoms with Crippen LogP contribution in [0.25, 0.3) is 11.4 Å². The van der Waals surface area contributed by atoms with Crippen molar-refractivity contribution >= 4 is 22.9 Å². The van der Waals surface area contributed by atoms with Crippen molar-refractivity contribution < 1.29 is 14.3 Å². The molecule has 1 aliphatic rings. The van der Waals surface area contributed by atoms with E-state index in [1.807, 2.05) is 23.6 Å². The fourth-order valence-corrected chi connectivity index (χ4v) is 3.27. The molecule has 126 valence electrons. The zero-order chi connectivity index (χ0) is 17.1. The van der Waals surface area contributed by atoms with Gasteiger partial charge in [0.15, 0.2) is 11.5 Å². The second-order valence-corrected chi connectivity index (χ2v) is 6.40. The van der Waals surface area contributed by atoms with E-state index in [4.69, 9.17) is 9.47 Å². The third-order valence-corrected chi connectivity index (χ3v) is 4.61. The molecular weight excluding hydrogens is 338 g/mol. The number of anilines is 1. The summed E-state index contributed by atoms with van der Waals surface area (Å²) in [6.45, 7) is 0.218. The monoisotopic (exact) mass is 353 g/mol. The molecule has 3 heterocycles. The molecule has 0 bridgehead atoms. The van der Waals surface area contributed by atoms with Gasteiger partial charge in [0.1, 0.15) is 0 Å².